The lowest BCUT2D eigenvalue weighted by Crippen LogP contribution is -3.09. The molecule has 0 heterocycles. The normalized spacial score (nSPS) is 12.5. The van der Waals surface area contributed by atoms with Crippen LogP contribution in [-0.2, 0) is 0 Å². The van der Waals surface area contributed by atoms with Crippen LogP contribution in [0.1, 0.15) is 0 Å². The molecule has 0 bridgehead atoms. The summed E-state index contributed by atoms with van der Waals surface area (Å²) in [5.41, 5.74) is 0. The first-order valence-corrected chi connectivity index (χ1v) is 53.7. The lowest BCUT2D eigenvalue weighted by Gasteiger charge is -2.68. The molecular formula is C76H72Si8. The summed E-state index contributed by atoms with van der Waals surface area (Å²) in [4.78, 5) is 0. The van der Waals surface area contributed by atoms with Gasteiger partial charge in [0.2, 0.25) is 0 Å². The molecule has 0 saturated carbocycles. The minimum atomic E-state index is -3.50. The quantitative estimate of drug-likeness (QED) is 0.0709. The molecule has 0 amide bonds. The van der Waals surface area contributed by atoms with E-state index in [1.54, 1.807) is 41.5 Å². The van der Waals surface area contributed by atoms with E-state index in [-0.39, 0.29) is 0 Å². The van der Waals surface area contributed by atoms with Crippen molar-refractivity contribution in [1.82, 2.24) is 0 Å². The van der Waals surface area contributed by atoms with Crippen molar-refractivity contribution in [2.75, 3.05) is 0 Å². The van der Waals surface area contributed by atoms with Crippen molar-refractivity contribution >= 4 is 122 Å². The summed E-state index contributed by atoms with van der Waals surface area (Å²) < 4.78 is 0. The molecule has 12 rings (SSSR count). The number of rotatable bonds is 19. The molecule has 0 aliphatic rings. The van der Waals surface area contributed by atoms with E-state index in [2.05, 4.69) is 390 Å². The fourth-order valence-electron chi connectivity index (χ4n) is 15.8. The standard InChI is InChI=1S/C76H72Si8/c1-79(2,83(73-57-33-13-34-58-73,74-59-35-14-36-60-74)81(69-49-25-9-26-50-69,70-51-27-10-28-52-70)77(65-41-17-5-18-42-65)66-43-19-6-20-44-66)80(3,4)84(75-61-37-15-38-62-75,76-63-39-16-40-64-76)82(71-53-29-11-30-54-71,72-55-31-12-32-56-72)78(67-45-21-7-22-46-67)68-47-23-8-24-48-68/h5-64H,1-4H3. The van der Waals surface area contributed by atoms with Gasteiger partial charge in [-0.25, -0.2) is 0 Å². The Morgan fingerprint density at radius 1 is 0.167 bits per heavy atom. The van der Waals surface area contributed by atoms with Crippen molar-refractivity contribution in [3.05, 3.63) is 364 Å². The van der Waals surface area contributed by atoms with E-state index >= 15 is 0 Å². The lowest BCUT2D eigenvalue weighted by molar-refractivity contribution is 1.69. The zero-order valence-electron chi connectivity index (χ0n) is 48.6. The summed E-state index contributed by atoms with van der Waals surface area (Å²) in [6, 6.07) is 147. The fourth-order valence-corrected chi connectivity index (χ4v) is 226. The van der Waals surface area contributed by atoms with Crippen LogP contribution >= 0.6 is 0 Å². The molecule has 0 aliphatic carbocycles. The molecule has 408 valence electrons. The van der Waals surface area contributed by atoms with Crippen LogP contribution in [0.25, 0.3) is 0 Å². The number of hydrogen-bond donors (Lipinski definition) is 0. The maximum Gasteiger partial charge on any atom is 0.121 e. The molecule has 2 radical (unpaired) electrons. The molecule has 0 saturated heterocycles. The van der Waals surface area contributed by atoms with Gasteiger partial charge in [0.25, 0.3) is 0 Å². The van der Waals surface area contributed by atoms with Gasteiger partial charge >= 0.3 is 0 Å². The highest BCUT2D eigenvalue weighted by Gasteiger charge is 2.80. The Hall–Kier alpha value is -7.62. The Labute approximate surface area is 507 Å². The SMILES string of the molecule is C[Si](C)([Si](C)(C)[Si](c1ccccc1)(c1ccccc1)[Si](c1ccccc1)(c1ccccc1)[Si](c1ccccc1)c1ccccc1)[Si](c1ccccc1)(c1ccccc1)[Si](c1ccccc1)(c1ccccc1)[Si](c1ccccc1)c1ccccc1. The van der Waals surface area contributed by atoms with Gasteiger partial charge in [-0.2, -0.15) is 0 Å². The Bertz CT molecular complexity index is 3480. The molecule has 0 unspecified atom stereocenters. The smallest absolute Gasteiger partial charge is 0.0729 e. The van der Waals surface area contributed by atoms with E-state index in [4.69, 9.17) is 0 Å². The first-order valence-electron chi connectivity index (χ1n) is 29.7. The summed E-state index contributed by atoms with van der Waals surface area (Å²) in [5.74, 6) is 0. The summed E-state index contributed by atoms with van der Waals surface area (Å²) in [5, 5.41) is 18.6. The number of benzene rings is 12. The molecular weight excluding hydrogens is 1140 g/mol. The van der Waals surface area contributed by atoms with Crippen LogP contribution in [0.3, 0.4) is 0 Å². The van der Waals surface area contributed by atoms with Gasteiger partial charge in [-0.3, -0.25) is 0 Å². The molecule has 0 fully saturated rings. The lowest BCUT2D eigenvalue weighted by atomic mass is 10.4. The van der Waals surface area contributed by atoms with Gasteiger partial charge in [0.05, 0.1) is 0 Å². The predicted molar refractivity (Wildman–Crippen MR) is 382 cm³/mol. The van der Waals surface area contributed by atoms with Crippen molar-refractivity contribution in [2.24, 2.45) is 0 Å². The average Bonchev–Trinajstić information content (AvgIpc) is 1.42. The number of hydrogen-bond acceptors (Lipinski definition) is 0. The van der Waals surface area contributed by atoms with Gasteiger partial charge in [-0.05, 0) is 0 Å². The van der Waals surface area contributed by atoms with E-state index < -0.39 is 59.3 Å². The highest BCUT2D eigenvalue weighted by atomic mass is 30.1. The van der Waals surface area contributed by atoms with Gasteiger partial charge in [0, 0.05) is 14.2 Å². The van der Waals surface area contributed by atoms with Gasteiger partial charge in [0.15, 0.2) is 0 Å². The first-order chi connectivity index (χ1) is 41.3. The van der Waals surface area contributed by atoms with Crippen molar-refractivity contribution < 1.29 is 0 Å². The van der Waals surface area contributed by atoms with Crippen molar-refractivity contribution in [3.8, 4) is 0 Å². The van der Waals surface area contributed by atoms with E-state index in [0.717, 1.165) is 0 Å². The van der Waals surface area contributed by atoms with Crippen LogP contribution in [-0.4, -0.2) is 59.3 Å². The highest BCUT2D eigenvalue weighted by molar-refractivity contribution is 8.11. The summed E-state index contributed by atoms with van der Waals surface area (Å²) in [6.45, 7) is 12.2. The Balaban J connectivity index is 1.40. The van der Waals surface area contributed by atoms with Crippen LogP contribution in [0.5, 0.6) is 0 Å². The molecule has 0 nitrogen and oxygen atoms in total. The van der Waals surface area contributed by atoms with E-state index in [0.29, 0.717) is 0 Å². The van der Waals surface area contributed by atoms with Crippen LogP contribution in [0, 0.1) is 0 Å². The molecule has 0 atom stereocenters. The average molecular weight is 1210 g/mol. The second-order valence-corrected chi connectivity index (χ2v) is 89.3. The molecule has 84 heavy (non-hydrogen) atoms. The van der Waals surface area contributed by atoms with Crippen LogP contribution in [0.4, 0.5) is 0 Å². The second kappa shape index (κ2) is 24.5. The molecule has 0 N–H and O–H groups in total. The zero-order chi connectivity index (χ0) is 57.5. The zero-order valence-corrected chi connectivity index (χ0v) is 56.6. The molecule has 0 spiro atoms. The van der Waals surface area contributed by atoms with Crippen LogP contribution in [0.2, 0.25) is 26.2 Å². The molecule has 0 aromatic heterocycles. The molecule has 12 aromatic rings. The molecule has 8 heteroatoms. The third-order valence-corrected chi connectivity index (χ3v) is 151. The minimum absolute atomic E-state index is 1.49. The minimum Gasteiger partial charge on any atom is -0.0729 e. The summed E-state index contributed by atoms with van der Waals surface area (Å²) >= 11 is 0. The van der Waals surface area contributed by atoms with E-state index in [9.17, 15) is 0 Å². The maximum atomic E-state index is 3.05. The Morgan fingerprint density at radius 3 is 0.452 bits per heavy atom. The van der Waals surface area contributed by atoms with Crippen molar-refractivity contribution in [1.29, 1.82) is 0 Å². The topological polar surface area (TPSA) is 0 Å². The van der Waals surface area contributed by atoms with Crippen LogP contribution in [0.15, 0.2) is 364 Å². The highest BCUT2D eigenvalue weighted by Crippen LogP contribution is 2.44. The van der Waals surface area contributed by atoms with Gasteiger partial charge in [0.1, 0.15) is 45.1 Å². The van der Waals surface area contributed by atoms with Crippen molar-refractivity contribution in [2.45, 2.75) is 26.2 Å². The van der Waals surface area contributed by atoms with Crippen molar-refractivity contribution in [3.63, 3.8) is 0 Å². The van der Waals surface area contributed by atoms with Gasteiger partial charge < -0.3 is 0 Å². The summed E-state index contributed by atoms with van der Waals surface area (Å²) in [7, 11) is -23.8. The fraction of sp³-hybridized carbons (Fsp3) is 0.0526. The predicted octanol–water partition coefficient (Wildman–Crippen LogP) is 9.62. The van der Waals surface area contributed by atoms with Crippen LogP contribution < -0.4 is 62.2 Å². The van der Waals surface area contributed by atoms with Gasteiger partial charge in [-0.15, -0.1) is 0 Å². The third-order valence-electron chi connectivity index (χ3n) is 19.2. The van der Waals surface area contributed by atoms with E-state index in [1.165, 1.54) is 20.7 Å². The molecule has 0 aliphatic heterocycles. The largest absolute Gasteiger partial charge is 0.121 e. The second-order valence-electron chi connectivity index (χ2n) is 23.4. The Morgan fingerprint density at radius 2 is 0.298 bits per heavy atom. The van der Waals surface area contributed by atoms with E-state index in [1.807, 2.05) is 0 Å². The Kier molecular flexibility index (Phi) is 16.6. The third kappa shape index (κ3) is 9.13. The maximum absolute atomic E-state index is 3.50. The van der Waals surface area contributed by atoms with Gasteiger partial charge in [-0.1, -0.05) is 452 Å². The molecule has 12 aromatic carbocycles. The summed E-state index contributed by atoms with van der Waals surface area (Å²) in [6.07, 6.45) is 0. The first kappa shape index (κ1) is 56.8. The monoisotopic (exact) mass is 1210 g/mol.